The zero-order chi connectivity index (χ0) is 18.2. The van der Waals surface area contributed by atoms with E-state index >= 15 is 0 Å². The van der Waals surface area contributed by atoms with Crippen molar-refractivity contribution < 1.29 is 0 Å². The summed E-state index contributed by atoms with van der Waals surface area (Å²) in [6.07, 6.45) is 3.51. The van der Waals surface area contributed by atoms with Crippen LogP contribution in [0.2, 0.25) is 0 Å². The Morgan fingerprint density at radius 1 is 1.20 bits per heavy atom. The summed E-state index contributed by atoms with van der Waals surface area (Å²) >= 11 is 5.21. The summed E-state index contributed by atoms with van der Waals surface area (Å²) in [7, 11) is 1.83. The van der Waals surface area contributed by atoms with E-state index in [9.17, 15) is 0 Å². The topological polar surface area (TPSA) is 68.8 Å². The number of nitrogens with zero attached hydrogens (tertiary/aromatic N) is 3. The van der Waals surface area contributed by atoms with E-state index in [1.54, 1.807) is 6.33 Å². The Kier molecular flexibility index (Phi) is 4.47. The van der Waals surface area contributed by atoms with Gasteiger partial charge in [-0.1, -0.05) is 57.3 Å². The highest BCUT2D eigenvalue weighted by molar-refractivity contribution is 7.80. The SMILES string of the molecule is CNc1ncnc2c1c(C(N)=S)cn2Cc1ccc(C(C)(C)C)cc1. The van der Waals surface area contributed by atoms with Crippen molar-refractivity contribution in [2.75, 3.05) is 12.4 Å². The van der Waals surface area contributed by atoms with Crippen molar-refractivity contribution in [2.45, 2.75) is 32.7 Å². The molecule has 0 atom stereocenters. The van der Waals surface area contributed by atoms with Gasteiger partial charge in [-0.25, -0.2) is 9.97 Å². The van der Waals surface area contributed by atoms with E-state index in [1.807, 2.05) is 13.2 Å². The van der Waals surface area contributed by atoms with Crippen LogP contribution in [-0.2, 0) is 12.0 Å². The monoisotopic (exact) mass is 353 g/mol. The maximum atomic E-state index is 5.91. The maximum Gasteiger partial charge on any atom is 0.146 e. The summed E-state index contributed by atoms with van der Waals surface area (Å²) in [5.74, 6) is 0.731. The van der Waals surface area contributed by atoms with Crippen LogP contribution in [0.15, 0.2) is 36.8 Å². The third-order valence-corrected chi connectivity index (χ3v) is 4.55. The molecular weight excluding hydrogens is 330 g/mol. The standard InChI is InChI=1S/C19H23N5S/c1-19(2,3)13-7-5-12(6-8-13)9-24-10-14(16(20)25)15-17(21-4)22-11-23-18(15)24/h5-8,10-11H,9H2,1-4H3,(H2,20,25)(H,21,22,23). The molecule has 0 fully saturated rings. The molecule has 0 spiro atoms. The number of hydrogen-bond donors (Lipinski definition) is 2. The zero-order valence-corrected chi connectivity index (χ0v) is 15.8. The molecule has 0 bridgehead atoms. The van der Waals surface area contributed by atoms with E-state index in [0.29, 0.717) is 11.5 Å². The molecular formula is C19H23N5S. The summed E-state index contributed by atoms with van der Waals surface area (Å²) in [6, 6.07) is 8.69. The number of nitrogens with one attached hydrogen (secondary N) is 1. The van der Waals surface area contributed by atoms with E-state index in [0.717, 1.165) is 22.4 Å². The highest BCUT2D eigenvalue weighted by Gasteiger charge is 2.17. The summed E-state index contributed by atoms with van der Waals surface area (Å²) in [4.78, 5) is 9.06. The molecule has 3 N–H and O–H groups in total. The molecule has 6 heteroatoms. The van der Waals surface area contributed by atoms with E-state index in [-0.39, 0.29) is 5.41 Å². The molecule has 5 nitrogen and oxygen atoms in total. The van der Waals surface area contributed by atoms with Gasteiger partial charge in [-0.3, -0.25) is 0 Å². The number of aromatic nitrogens is 3. The molecule has 3 aromatic rings. The normalized spacial score (nSPS) is 11.7. The van der Waals surface area contributed by atoms with E-state index in [1.165, 1.54) is 11.1 Å². The lowest BCUT2D eigenvalue weighted by atomic mass is 9.87. The van der Waals surface area contributed by atoms with Gasteiger partial charge in [-0.15, -0.1) is 0 Å². The van der Waals surface area contributed by atoms with Crippen molar-refractivity contribution in [3.05, 3.63) is 53.5 Å². The quantitative estimate of drug-likeness (QED) is 0.703. The first-order valence-electron chi connectivity index (χ1n) is 8.22. The Hall–Kier alpha value is -2.47. The van der Waals surface area contributed by atoms with Crippen LogP contribution in [0.3, 0.4) is 0 Å². The molecule has 0 aliphatic heterocycles. The number of rotatable bonds is 4. The first-order valence-corrected chi connectivity index (χ1v) is 8.63. The van der Waals surface area contributed by atoms with Crippen LogP contribution in [-0.4, -0.2) is 26.6 Å². The van der Waals surface area contributed by atoms with Crippen LogP contribution < -0.4 is 11.1 Å². The number of fused-ring (bicyclic) bond motifs is 1. The van der Waals surface area contributed by atoms with E-state index in [2.05, 4.69) is 64.9 Å². The van der Waals surface area contributed by atoms with Gasteiger partial charge in [-0.05, 0) is 16.5 Å². The summed E-state index contributed by atoms with van der Waals surface area (Å²) in [6.45, 7) is 7.34. The van der Waals surface area contributed by atoms with Gasteiger partial charge in [0.1, 0.15) is 22.8 Å². The maximum absolute atomic E-state index is 5.91. The fraction of sp³-hybridized carbons (Fsp3) is 0.316. The van der Waals surface area contributed by atoms with Gasteiger partial charge in [-0.2, -0.15) is 0 Å². The number of anilines is 1. The lowest BCUT2D eigenvalue weighted by molar-refractivity contribution is 0.590. The van der Waals surface area contributed by atoms with E-state index in [4.69, 9.17) is 18.0 Å². The summed E-state index contributed by atoms with van der Waals surface area (Å²) in [5.41, 5.74) is 10.2. The molecule has 2 aromatic heterocycles. The highest BCUT2D eigenvalue weighted by atomic mass is 32.1. The van der Waals surface area contributed by atoms with Gasteiger partial charge in [0, 0.05) is 25.4 Å². The number of nitrogens with two attached hydrogens (primary N) is 1. The Morgan fingerprint density at radius 3 is 2.44 bits per heavy atom. The summed E-state index contributed by atoms with van der Waals surface area (Å²) < 4.78 is 2.07. The first kappa shape index (κ1) is 17.4. The van der Waals surface area contributed by atoms with Gasteiger partial charge >= 0.3 is 0 Å². The molecule has 0 radical (unpaired) electrons. The minimum absolute atomic E-state index is 0.145. The number of hydrogen-bond acceptors (Lipinski definition) is 4. The molecule has 0 amide bonds. The molecule has 3 rings (SSSR count). The van der Waals surface area contributed by atoms with Gasteiger partial charge in [0.25, 0.3) is 0 Å². The van der Waals surface area contributed by atoms with Crippen LogP contribution in [0.4, 0.5) is 5.82 Å². The van der Waals surface area contributed by atoms with Gasteiger partial charge in [0.15, 0.2) is 0 Å². The lowest BCUT2D eigenvalue weighted by Crippen LogP contribution is -2.11. The molecule has 130 valence electrons. The smallest absolute Gasteiger partial charge is 0.146 e. The Labute approximate surface area is 153 Å². The predicted octanol–water partition coefficient (Wildman–Crippen LogP) is 3.45. The Balaban J connectivity index is 2.03. The second-order valence-corrected chi connectivity index (χ2v) is 7.59. The molecule has 0 unspecified atom stereocenters. The molecule has 0 aliphatic rings. The molecule has 1 aromatic carbocycles. The minimum Gasteiger partial charge on any atom is -0.389 e. The minimum atomic E-state index is 0.145. The van der Waals surface area contributed by atoms with Gasteiger partial charge in [0.2, 0.25) is 0 Å². The molecule has 0 saturated heterocycles. The van der Waals surface area contributed by atoms with Crippen molar-refractivity contribution in [1.82, 2.24) is 14.5 Å². The molecule has 0 saturated carbocycles. The van der Waals surface area contributed by atoms with Crippen LogP contribution in [0.5, 0.6) is 0 Å². The van der Waals surface area contributed by atoms with Crippen LogP contribution in [0, 0.1) is 0 Å². The van der Waals surface area contributed by atoms with Gasteiger partial charge in [0.05, 0.1) is 5.39 Å². The second-order valence-electron chi connectivity index (χ2n) is 7.15. The van der Waals surface area contributed by atoms with E-state index < -0.39 is 0 Å². The average molecular weight is 353 g/mol. The summed E-state index contributed by atoms with van der Waals surface area (Å²) in [5, 5.41) is 3.95. The second kappa shape index (κ2) is 6.44. The molecule has 0 aliphatic carbocycles. The fourth-order valence-electron chi connectivity index (χ4n) is 2.93. The largest absolute Gasteiger partial charge is 0.389 e. The average Bonchev–Trinajstić information content (AvgIpc) is 2.93. The lowest BCUT2D eigenvalue weighted by Gasteiger charge is -2.19. The Bertz CT molecular complexity index is 919. The highest BCUT2D eigenvalue weighted by Crippen LogP contribution is 2.27. The molecule has 2 heterocycles. The zero-order valence-electron chi connectivity index (χ0n) is 15.0. The Morgan fingerprint density at radius 2 is 1.88 bits per heavy atom. The fourth-order valence-corrected chi connectivity index (χ4v) is 3.08. The number of thiocarbonyl (C=S) groups is 1. The third kappa shape index (κ3) is 3.35. The van der Waals surface area contributed by atoms with Gasteiger partial charge < -0.3 is 15.6 Å². The molecule has 25 heavy (non-hydrogen) atoms. The number of benzene rings is 1. The van der Waals surface area contributed by atoms with Crippen LogP contribution in [0.1, 0.15) is 37.5 Å². The van der Waals surface area contributed by atoms with Crippen LogP contribution >= 0.6 is 12.2 Å². The van der Waals surface area contributed by atoms with Crippen molar-refractivity contribution in [1.29, 1.82) is 0 Å². The van der Waals surface area contributed by atoms with Crippen molar-refractivity contribution in [3.8, 4) is 0 Å². The predicted molar refractivity (Wildman–Crippen MR) is 107 cm³/mol. The third-order valence-electron chi connectivity index (χ3n) is 4.33. The van der Waals surface area contributed by atoms with Crippen molar-refractivity contribution in [2.24, 2.45) is 5.73 Å². The van der Waals surface area contributed by atoms with Crippen molar-refractivity contribution >= 4 is 34.1 Å². The van der Waals surface area contributed by atoms with Crippen molar-refractivity contribution in [3.63, 3.8) is 0 Å². The first-order chi connectivity index (χ1) is 11.8. The van der Waals surface area contributed by atoms with Crippen LogP contribution in [0.25, 0.3) is 11.0 Å².